The fraction of sp³-hybridized carbons (Fsp3) is 0. The Hall–Kier alpha value is -8.81. The highest BCUT2D eigenvalue weighted by molar-refractivity contribution is 7.20. The predicted molar refractivity (Wildman–Crippen MR) is 265 cm³/mol. The third-order valence-corrected chi connectivity index (χ3v) is 16.3. The van der Waals surface area contributed by atoms with E-state index in [-0.39, 0.29) is 0 Å². The molecule has 0 N–H and O–H groups in total. The highest BCUT2D eigenvalue weighted by Gasteiger charge is 2.52. The second kappa shape index (κ2) is 21.4. The van der Waals surface area contributed by atoms with Gasteiger partial charge in [-0.3, -0.25) is 0 Å². The number of fused-ring (bicyclic) bond motifs is 4. The maximum absolute atomic E-state index is 15.4. The molecule has 2 aromatic heterocycles. The van der Waals surface area contributed by atoms with Crippen molar-refractivity contribution in [2.24, 2.45) is 0 Å². The van der Waals surface area contributed by atoms with Crippen LogP contribution in [0.4, 0.5) is 87.8 Å². The molecule has 424 valence electrons. The van der Waals surface area contributed by atoms with Gasteiger partial charge in [-0.05, 0) is 67.4 Å². The van der Waals surface area contributed by atoms with Crippen LogP contribution in [0.1, 0.15) is 0 Å². The van der Waals surface area contributed by atoms with Crippen molar-refractivity contribution in [3.63, 3.8) is 0 Å². The van der Waals surface area contributed by atoms with E-state index in [1.165, 1.54) is 43.1 Å². The first kappa shape index (κ1) is 57.0. The molecule has 0 amide bonds. The fourth-order valence-electron chi connectivity index (χ4n) is 10.5. The third-order valence-electron chi connectivity index (χ3n) is 14.1. The molecule has 0 saturated heterocycles. The van der Waals surface area contributed by atoms with Crippen molar-refractivity contribution in [3.8, 4) is 22.6 Å². The molecule has 0 unspecified atom stereocenters. The third kappa shape index (κ3) is 8.72. The first-order valence-corrected chi connectivity index (χ1v) is 26.1. The molecule has 24 heteroatoms. The second-order valence-electron chi connectivity index (χ2n) is 18.5. The molecular formula is C60H22BF20IO2. The van der Waals surface area contributed by atoms with Crippen molar-refractivity contribution < 1.29 is 118 Å². The lowest BCUT2D eigenvalue weighted by molar-refractivity contribution is -0.635. The van der Waals surface area contributed by atoms with Crippen molar-refractivity contribution >= 4 is 71.1 Å². The van der Waals surface area contributed by atoms with E-state index in [0.29, 0.717) is 0 Å². The number of halogens is 21. The summed E-state index contributed by atoms with van der Waals surface area (Å²) in [4.78, 5) is 0. The smallest absolute Gasteiger partial charge is 0.418 e. The van der Waals surface area contributed by atoms with Gasteiger partial charge in [0.15, 0.2) is 69.8 Å². The lowest BCUT2D eigenvalue weighted by Gasteiger charge is -2.44. The van der Waals surface area contributed by atoms with Gasteiger partial charge in [0.05, 0.1) is 0 Å². The summed E-state index contributed by atoms with van der Waals surface area (Å²) in [5.74, 6) is -69.6. The fourth-order valence-corrected chi connectivity index (χ4v) is 12.5. The molecule has 0 aliphatic carbocycles. The Morgan fingerprint density at radius 1 is 0.238 bits per heavy atom. The molecule has 2 nitrogen and oxygen atoms in total. The van der Waals surface area contributed by atoms with Crippen LogP contribution in [-0.2, 0) is 0 Å². The van der Waals surface area contributed by atoms with Gasteiger partial charge in [0, 0.05) is 23.3 Å². The van der Waals surface area contributed by atoms with Crippen LogP contribution in [0.15, 0.2) is 142 Å². The summed E-state index contributed by atoms with van der Waals surface area (Å²) in [6.45, 7) is 0. The van der Waals surface area contributed by atoms with Gasteiger partial charge in [-0.2, -0.15) is 0 Å². The van der Waals surface area contributed by atoms with Gasteiger partial charge in [0.25, 0.3) is 0 Å². The van der Waals surface area contributed by atoms with E-state index in [1.54, 1.807) is 0 Å². The van der Waals surface area contributed by atoms with Crippen LogP contribution in [0, 0.1) is 124 Å². The topological polar surface area (TPSA) is 26.3 Å². The molecule has 10 aromatic carbocycles. The van der Waals surface area contributed by atoms with E-state index in [0.717, 1.165) is 30.2 Å². The highest BCUT2D eigenvalue weighted by Crippen LogP contribution is 2.39. The molecule has 0 saturated carbocycles. The highest BCUT2D eigenvalue weighted by atomic mass is 127. The van der Waals surface area contributed by atoms with E-state index < -0.39 is 166 Å². The number of rotatable bonds is 8. The van der Waals surface area contributed by atoms with E-state index in [9.17, 15) is 52.7 Å². The minimum absolute atomic E-state index is 0.623. The van der Waals surface area contributed by atoms with E-state index in [4.69, 9.17) is 8.83 Å². The Morgan fingerprint density at radius 2 is 0.440 bits per heavy atom. The Bertz CT molecular complexity index is 4090. The largest absolute Gasteiger partial charge is 0.443 e. The van der Waals surface area contributed by atoms with E-state index in [1.807, 2.05) is 0 Å². The van der Waals surface area contributed by atoms with Crippen LogP contribution in [-0.4, -0.2) is 6.15 Å². The summed E-state index contributed by atoms with van der Waals surface area (Å²) in [7, 11) is 0. The lowest BCUT2D eigenvalue weighted by atomic mass is 9.12. The predicted octanol–water partition coefficient (Wildman–Crippen LogP) is 12.8. The Morgan fingerprint density at radius 3 is 0.667 bits per heavy atom. The minimum atomic E-state index is -7.22. The molecule has 0 aliphatic heterocycles. The zero-order chi connectivity index (χ0) is 60.1. The van der Waals surface area contributed by atoms with Crippen LogP contribution >= 0.6 is 0 Å². The van der Waals surface area contributed by atoms with E-state index >= 15 is 35.1 Å². The summed E-state index contributed by atoms with van der Waals surface area (Å²) in [5, 5.41) is 9.70. The molecule has 84 heavy (non-hydrogen) atoms. The molecule has 0 spiro atoms. The molecule has 2 heterocycles. The molecule has 0 radical (unpaired) electrons. The SMILES string of the molecule is Fc1c(F)c(F)c([B-](c2c(F)c(F)c(F)c(F)c2F)(c2c(F)c(F)c(F)c(F)c2F)c2c(F)c(F)c(F)c(F)c2F)c(F)c1F.c1ccc2c(-c3ccc([I+]c4ccc(-c5c6ccccc6cc6ccccc56)o4)o3)c3ccccc3cc2c1. The molecular weight excluding hydrogens is 1270 g/mol. The average Bonchev–Trinajstić information content (AvgIpc) is 0.845. The molecule has 0 bridgehead atoms. The molecule has 12 aromatic rings. The first-order valence-electron chi connectivity index (χ1n) is 23.9. The summed E-state index contributed by atoms with van der Waals surface area (Å²) < 4.78 is 309. The van der Waals surface area contributed by atoms with Crippen LogP contribution in [0.25, 0.3) is 65.7 Å². The summed E-state index contributed by atoms with van der Waals surface area (Å²) >= 11 is -0.623. The molecule has 0 aliphatic rings. The quantitative estimate of drug-likeness (QED) is 0.0378. The zero-order valence-corrected chi connectivity index (χ0v) is 43.2. The van der Waals surface area contributed by atoms with Crippen molar-refractivity contribution in [2.75, 3.05) is 0 Å². The van der Waals surface area contributed by atoms with Crippen molar-refractivity contribution in [1.82, 2.24) is 0 Å². The summed E-state index contributed by atoms with van der Waals surface area (Å²) in [5.41, 5.74) is -12.0. The standard InChI is InChI=1S/C36H22IO2.C24BF20/c1-5-13-27-23(9-1)21-24-10-2-6-14-28(24)35(27)31-17-19-33(38-31)37-34-20-18-32(39-34)36-29-15-7-3-11-25(29)22-26-12-4-8-16-30(26)36;26-5-1(6(27)14(35)21(42)13(5)34)25(2-7(28)15(36)22(43)16(37)8(2)29,3-9(30)17(38)23(44)18(39)10(3)31)4-11(32)19(40)24(45)20(41)12(4)33/h1-22H;/q+1;-1. The van der Waals surface area contributed by atoms with Gasteiger partial charge >= 0.3 is 28.7 Å². The Balaban J connectivity index is 0.000000176. The Labute approximate surface area is 467 Å². The maximum atomic E-state index is 15.4. The van der Waals surface area contributed by atoms with Crippen LogP contribution < -0.4 is 43.1 Å². The number of benzene rings is 10. The van der Waals surface area contributed by atoms with Gasteiger partial charge in [-0.1, -0.05) is 97.1 Å². The monoisotopic (exact) mass is 1290 g/mol. The van der Waals surface area contributed by atoms with Crippen molar-refractivity contribution in [1.29, 1.82) is 0 Å². The molecule has 0 fully saturated rings. The number of hydrogen-bond acceptors (Lipinski definition) is 2. The summed E-state index contributed by atoms with van der Waals surface area (Å²) in [6, 6.07) is 47.1. The zero-order valence-electron chi connectivity index (χ0n) is 41.0. The number of furan rings is 2. The molecule has 12 rings (SSSR count). The van der Waals surface area contributed by atoms with Crippen LogP contribution in [0.3, 0.4) is 0 Å². The van der Waals surface area contributed by atoms with Crippen LogP contribution in [0.5, 0.6) is 0 Å². The van der Waals surface area contributed by atoms with Crippen LogP contribution in [0.2, 0.25) is 0 Å². The first-order chi connectivity index (χ1) is 40.0. The van der Waals surface area contributed by atoms with Gasteiger partial charge < -0.3 is 8.83 Å². The minimum Gasteiger partial charge on any atom is -0.418 e. The second-order valence-corrected chi connectivity index (χ2v) is 21.2. The number of hydrogen-bond donors (Lipinski definition) is 0. The Kier molecular flexibility index (Phi) is 14.5. The van der Waals surface area contributed by atoms with E-state index in [2.05, 4.69) is 133 Å². The normalized spacial score (nSPS) is 11.9. The maximum Gasteiger partial charge on any atom is 0.443 e. The van der Waals surface area contributed by atoms with Gasteiger partial charge in [0.2, 0.25) is 0 Å². The van der Waals surface area contributed by atoms with Gasteiger partial charge in [0.1, 0.15) is 64.2 Å². The summed E-state index contributed by atoms with van der Waals surface area (Å²) in [6.07, 6.45) is -7.22. The van der Waals surface area contributed by atoms with Crippen molar-refractivity contribution in [3.05, 3.63) is 257 Å². The average molecular weight is 1290 g/mol. The van der Waals surface area contributed by atoms with Crippen molar-refractivity contribution in [2.45, 2.75) is 0 Å². The van der Waals surface area contributed by atoms with Gasteiger partial charge in [-0.15, -0.1) is 21.9 Å². The molecule has 0 atom stereocenters. The van der Waals surface area contributed by atoms with Gasteiger partial charge in [-0.25, -0.2) is 87.8 Å². The lowest BCUT2D eigenvalue weighted by Crippen LogP contribution is -3.61.